The SMILES string of the molecule is CNC(=O)C(C#N)=C(N)Nc1cccc(C)c1. The molecular weight excluding hydrogens is 216 g/mol. The van der Waals surface area contributed by atoms with Crippen molar-refractivity contribution in [2.45, 2.75) is 6.92 Å². The number of nitrogens with one attached hydrogen (secondary N) is 2. The van der Waals surface area contributed by atoms with E-state index in [4.69, 9.17) is 11.0 Å². The third kappa shape index (κ3) is 3.24. The van der Waals surface area contributed by atoms with Gasteiger partial charge in [0.25, 0.3) is 5.91 Å². The van der Waals surface area contributed by atoms with Gasteiger partial charge in [-0.15, -0.1) is 0 Å². The van der Waals surface area contributed by atoms with Crippen LogP contribution in [0.3, 0.4) is 0 Å². The number of hydrogen-bond donors (Lipinski definition) is 3. The van der Waals surface area contributed by atoms with E-state index < -0.39 is 5.91 Å². The van der Waals surface area contributed by atoms with Gasteiger partial charge in [0, 0.05) is 12.7 Å². The molecule has 0 saturated heterocycles. The van der Waals surface area contributed by atoms with Crippen molar-refractivity contribution in [3.63, 3.8) is 0 Å². The van der Waals surface area contributed by atoms with Crippen LogP contribution >= 0.6 is 0 Å². The van der Waals surface area contributed by atoms with Crippen molar-refractivity contribution in [1.29, 1.82) is 5.26 Å². The molecule has 17 heavy (non-hydrogen) atoms. The molecule has 0 saturated carbocycles. The standard InChI is InChI=1S/C12H14N4O/c1-8-4-3-5-9(6-8)16-11(14)10(7-13)12(17)15-2/h3-6,16H,14H2,1-2H3,(H,15,17). The van der Waals surface area contributed by atoms with Crippen LogP contribution in [0.4, 0.5) is 5.69 Å². The molecule has 1 rings (SSSR count). The van der Waals surface area contributed by atoms with Crippen molar-refractivity contribution in [2.75, 3.05) is 12.4 Å². The van der Waals surface area contributed by atoms with Crippen molar-refractivity contribution in [3.8, 4) is 6.07 Å². The molecule has 1 amide bonds. The third-order valence-electron chi connectivity index (χ3n) is 2.13. The first-order valence-electron chi connectivity index (χ1n) is 5.04. The highest BCUT2D eigenvalue weighted by atomic mass is 16.1. The lowest BCUT2D eigenvalue weighted by molar-refractivity contribution is -0.116. The number of anilines is 1. The van der Waals surface area contributed by atoms with Gasteiger partial charge in [0.2, 0.25) is 0 Å². The summed E-state index contributed by atoms with van der Waals surface area (Å²) in [7, 11) is 1.44. The lowest BCUT2D eigenvalue weighted by Gasteiger charge is -2.08. The Bertz CT molecular complexity index is 499. The van der Waals surface area contributed by atoms with Crippen molar-refractivity contribution in [3.05, 3.63) is 41.2 Å². The number of amides is 1. The Morgan fingerprint density at radius 1 is 1.47 bits per heavy atom. The van der Waals surface area contributed by atoms with Crippen molar-refractivity contribution in [1.82, 2.24) is 5.32 Å². The molecule has 0 aliphatic rings. The van der Waals surface area contributed by atoms with Crippen LogP contribution in [-0.4, -0.2) is 13.0 Å². The van der Waals surface area contributed by atoms with Gasteiger partial charge >= 0.3 is 0 Å². The van der Waals surface area contributed by atoms with Gasteiger partial charge in [0.05, 0.1) is 0 Å². The van der Waals surface area contributed by atoms with Gasteiger partial charge in [-0.3, -0.25) is 4.79 Å². The Kier molecular flexibility index (Phi) is 4.12. The molecule has 5 nitrogen and oxygen atoms in total. The average Bonchev–Trinajstić information content (AvgIpc) is 2.29. The number of nitrogens with two attached hydrogens (primary N) is 1. The average molecular weight is 230 g/mol. The molecule has 1 aromatic carbocycles. The van der Waals surface area contributed by atoms with E-state index in [1.54, 1.807) is 12.1 Å². The Labute approximate surface area is 99.9 Å². The normalized spacial score (nSPS) is 11.1. The zero-order valence-electron chi connectivity index (χ0n) is 9.74. The van der Waals surface area contributed by atoms with E-state index in [9.17, 15) is 4.79 Å². The molecule has 0 atom stereocenters. The summed E-state index contributed by atoms with van der Waals surface area (Å²) in [5.74, 6) is -0.470. The largest absolute Gasteiger partial charge is 0.384 e. The van der Waals surface area contributed by atoms with E-state index in [0.29, 0.717) is 0 Å². The summed E-state index contributed by atoms with van der Waals surface area (Å²) in [5.41, 5.74) is 7.33. The van der Waals surface area contributed by atoms with Gasteiger partial charge in [-0.25, -0.2) is 0 Å². The van der Waals surface area contributed by atoms with E-state index >= 15 is 0 Å². The van der Waals surface area contributed by atoms with Crippen LogP contribution in [0.5, 0.6) is 0 Å². The molecule has 0 aliphatic heterocycles. The Hall–Kier alpha value is -2.48. The number of likely N-dealkylation sites (N-methyl/N-ethyl adjacent to an activating group) is 1. The highest BCUT2D eigenvalue weighted by molar-refractivity contribution is 5.98. The minimum Gasteiger partial charge on any atom is -0.384 e. The summed E-state index contributed by atoms with van der Waals surface area (Å²) in [6.45, 7) is 1.94. The Balaban J connectivity index is 2.98. The molecule has 0 fully saturated rings. The molecule has 0 radical (unpaired) electrons. The number of nitriles is 1. The number of carbonyl (C=O) groups excluding carboxylic acids is 1. The monoisotopic (exact) mass is 230 g/mol. The van der Waals surface area contributed by atoms with E-state index in [-0.39, 0.29) is 11.4 Å². The predicted octanol–water partition coefficient (Wildman–Crippen LogP) is 0.847. The quantitative estimate of drug-likeness (QED) is 0.530. The summed E-state index contributed by atoms with van der Waals surface area (Å²) in [6, 6.07) is 9.24. The number of hydrogen-bond acceptors (Lipinski definition) is 4. The van der Waals surface area contributed by atoms with Crippen molar-refractivity contribution >= 4 is 11.6 Å². The summed E-state index contributed by atoms with van der Waals surface area (Å²) >= 11 is 0. The zero-order chi connectivity index (χ0) is 12.8. The zero-order valence-corrected chi connectivity index (χ0v) is 9.74. The van der Waals surface area contributed by atoms with Gasteiger partial charge in [-0.05, 0) is 24.6 Å². The fraction of sp³-hybridized carbons (Fsp3) is 0.167. The maximum absolute atomic E-state index is 11.3. The molecular formula is C12H14N4O. The molecule has 0 heterocycles. The van der Waals surface area contributed by atoms with Crippen LogP contribution in [0.2, 0.25) is 0 Å². The molecule has 1 aromatic rings. The molecule has 88 valence electrons. The predicted molar refractivity (Wildman–Crippen MR) is 65.7 cm³/mol. The van der Waals surface area contributed by atoms with Crippen LogP contribution in [0.1, 0.15) is 5.56 Å². The Morgan fingerprint density at radius 2 is 2.18 bits per heavy atom. The van der Waals surface area contributed by atoms with E-state index in [1.807, 2.05) is 25.1 Å². The summed E-state index contributed by atoms with van der Waals surface area (Å²) in [5, 5.41) is 14.0. The second kappa shape index (κ2) is 5.56. The molecule has 0 aliphatic carbocycles. The number of nitrogens with zero attached hydrogens (tertiary/aromatic N) is 1. The van der Waals surface area contributed by atoms with Crippen molar-refractivity contribution in [2.24, 2.45) is 5.73 Å². The second-order valence-electron chi connectivity index (χ2n) is 3.47. The Morgan fingerprint density at radius 3 is 2.71 bits per heavy atom. The van der Waals surface area contributed by atoms with Gasteiger partial charge in [-0.2, -0.15) is 5.26 Å². The smallest absolute Gasteiger partial charge is 0.265 e. The lowest BCUT2D eigenvalue weighted by atomic mass is 10.2. The first kappa shape index (κ1) is 12.6. The highest BCUT2D eigenvalue weighted by Gasteiger charge is 2.11. The number of benzene rings is 1. The van der Waals surface area contributed by atoms with Gasteiger partial charge in [0.15, 0.2) is 5.57 Å². The number of aryl methyl sites for hydroxylation is 1. The second-order valence-corrected chi connectivity index (χ2v) is 3.47. The van der Waals surface area contributed by atoms with E-state index in [0.717, 1.165) is 11.3 Å². The minimum atomic E-state index is -0.509. The summed E-state index contributed by atoms with van der Waals surface area (Å²) in [4.78, 5) is 11.3. The molecule has 0 bridgehead atoms. The summed E-state index contributed by atoms with van der Waals surface area (Å²) < 4.78 is 0. The molecule has 4 N–H and O–H groups in total. The van der Waals surface area contributed by atoms with Gasteiger partial charge in [-0.1, -0.05) is 12.1 Å². The first-order chi connectivity index (χ1) is 8.08. The van der Waals surface area contributed by atoms with Gasteiger partial charge in [0.1, 0.15) is 11.9 Å². The van der Waals surface area contributed by atoms with Crippen LogP contribution < -0.4 is 16.4 Å². The van der Waals surface area contributed by atoms with E-state index in [1.165, 1.54) is 7.05 Å². The summed E-state index contributed by atoms with van der Waals surface area (Å²) in [6.07, 6.45) is 0. The molecule has 5 heteroatoms. The molecule has 0 unspecified atom stereocenters. The first-order valence-corrected chi connectivity index (χ1v) is 5.04. The van der Waals surface area contributed by atoms with Gasteiger partial charge < -0.3 is 16.4 Å². The minimum absolute atomic E-state index is 0.0393. The fourth-order valence-electron chi connectivity index (χ4n) is 1.30. The van der Waals surface area contributed by atoms with Crippen LogP contribution in [0.15, 0.2) is 35.7 Å². The topological polar surface area (TPSA) is 90.9 Å². The highest BCUT2D eigenvalue weighted by Crippen LogP contribution is 2.12. The van der Waals surface area contributed by atoms with Crippen LogP contribution in [0.25, 0.3) is 0 Å². The van der Waals surface area contributed by atoms with E-state index in [2.05, 4.69) is 10.6 Å². The number of rotatable bonds is 3. The molecule has 0 spiro atoms. The number of carbonyl (C=O) groups is 1. The molecule has 0 aromatic heterocycles. The fourth-order valence-corrected chi connectivity index (χ4v) is 1.30. The maximum atomic E-state index is 11.3. The maximum Gasteiger partial charge on any atom is 0.265 e. The lowest BCUT2D eigenvalue weighted by Crippen LogP contribution is -2.25. The van der Waals surface area contributed by atoms with Crippen LogP contribution in [-0.2, 0) is 4.79 Å². The van der Waals surface area contributed by atoms with Crippen LogP contribution in [0, 0.1) is 18.3 Å². The third-order valence-corrected chi connectivity index (χ3v) is 2.13. The van der Waals surface area contributed by atoms with Crippen molar-refractivity contribution < 1.29 is 4.79 Å².